The molecule has 0 atom stereocenters. The molecule has 0 saturated carbocycles. The van der Waals surface area contributed by atoms with Crippen LogP contribution in [0.15, 0.2) is 0 Å². The lowest BCUT2D eigenvalue weighted by Crippen LogP contribution is -2.53. The molecular weight excluding hydrogens is 216 g/mol. The van der Waals surface area contributed by atoms with Gasteiger partial charge < -0.3 is 15.0 Å². The minimum absolute atomic E-state index is 0.126. The number of amides is 1. The highest BCUT2D eigenvalue weighted by Gasteiger charge is 2.41. The molecule has 1 heterocycles. The van der Waals surface area contributed by atoms with Crippen molar-refractivity contribution in [1.82, 2.24) is 10.2 Å². The molecule has 1 rings (SSSR count). The van der Waals surface area contributed by atoms with Crippen LogP contribution in [-0.2, 0) is 9.53 Å². The van der Waals surface area contributed by atoms with Crippen LogP contribution in [0.2, 0.25) is 0 Å². The van der Waals surface area contributed by atoms with Crippen molar-refractivity contribution < 1.29 is 9.53 Å². The molecule has 0 aromatic heterocycles. The van der Waals surface area contributed by atoms with Gasteiger partial charge in [0.25, 0.3) is 0 Å². The van der Waals surface area contributed by atoms with Gasteiger partial charge in [-0.25, -0.2) is 0 Å². The third-order valence-corrected chi connectivity index (χ3v) is 3.41. The van der Waals surface area contributed by atoms with E-state index in [1.165, 1.54) is 0 Å². The van der Waals surface area contributed by atoms with Gasteiger partial charge in [0, 0.05) is 38.9 Å². The predicted molar refractivity (Wildman–Crippen MR) is 68.9 cm³/mol. The number of ether oxygens (including phenoxy) is 1. The molecule has 0 aliphatic carbocycles. The molecule has 0 spiro atoms. The molecule has 1 amide bonds. The third kappa shape index (κ3) is 3.42. The molecule has 1 N–H and O–H groups in total. The Morgan fingerprint density at radius 1 is 1.29 bits per heavy atom. The fourth-order valence-corrected chi connectivity index (χ4v) is 2.26. The quantitative estimate of drug-likeness (QED) is 0.755. The van der Waals surface area contributed by atoms with E-state index in [2.05, 4.69) is 19.2 Å². The summed E-state index contributed by atoms with van der Waals surface area (Å²) in [4.78, 5) is 14.5. The summed E-state index contributed by atoms with van der Waals surface area (Å²) in [5.41, 5.74) is -0.445. The number of carbonyl (C=O) groups is 1. The first-order valence-electron chi connectivity index (χ1n) is 6.33. The second-order valence-electron chi connectivity index (χ2n) is 6.10. The van der Waals surface area contributed by atoms with Gasteiger partial charge in [0.05, 0.1) is 5.41 Å². The highest BCUT2D eigenvalue weighted by atomic mass is 16.5. The lowest BCUT2D eigenvalue weighted by atomic mass is 9.91. The zero-order chi connectivity index (χ0) is 13.1. The van der Waals surface area contributed by atoms with Gasteiger partial charge >= 0.3 is 0 Å². The Morgan fingerprint density at radius 2 is 1.94 bits per heavy atom. The minimum atomic E-state index is -0.319. The molecule has 0 unspecified atom stereocenters. The SMILES string of the molecule is COCCCN1C(=O)C(C)(C)CNCC1(C)C. The van der Waals surface area contributed by atoms with Gasteiger partial charge in [0.1, 0.15) is 0 Å². The summed E-state index contributed by atoms with van der Waals surface area (Å²) in [7, 11) is 1.70. The second-order valence-corrected chi connectivity index (χ2v) is 6.10. The Balaban J connectivity index is 2.80. The first kappa shape index (κ1) is 14.5. The summed E-state index contributed by atoms with van der Waals surface area (Å²) in [6, 6.07) is 0. The van der Waals surface area contributed by atoms with E-state index in [0.29, 0.717) is 6.61 Å². The molecule has 4 heteroatoms. The molecule has 1 aliphatic heterocycles. The maximum absolute atomic E-state index is 12.5. The monoisotopic (exact) mass is 242 g/mol. The van der Waals surface area contributed by atoms with E-state index >= 15 is 0 Å². The number of nitrogens with zero attached hydrogens (tertiary/aromatic N) is 1. The normalized spacial score (nSPS) is 23.6. The fraction of sp³-hybridized carbons (Fsp3) is 0.923. The Kier molecular flexibility index (Phi) is 4.55. The molecule has 1 aliphatic rings. The molecular formula is C13H26N2O2. The number of carbonyl (C=O) groups excluding carboxylic acids is 1. The minimum Gasteiger partial charge on any atom is -0.385 e. The van der Waals surface area contributed by atoms with Crippen LogP contribution in [0.4, 0.5) is 0 Å². The molecule has 1 fully saturated rings. The van der Waals surface area contributed by atoms with Crippen molar-refractivity contribution in [2.45, 2.75) is 39.7 Å². The van der Waals surface area contributed by atoms with Crippen molar-refractivity contribution in [2.24, 2.45) is 5.41 Å². The van der Waals surface area contributed by atoms with E-state index in [0.717, 1.165) is 26.1 Å². The van der Waals surface area contributed by atoms with Gasteiger partial charge in [-0.15, -0.1) is 0 Å². The van der Waals surface area contributed by atoms with Gasteiger partial charge in [-0.3, -0.25) is 4.79 Å². The van der Waals surface area contributed by atoms with Crippen LogP contribution in [-0.4, -0.2) is 49.7 Å². The van der Waals surface area contributed by atoms with E-state index in [9.17, 15) is 4.79 Å². The number of methoxy groups -OCH3 is 1. The summed E-state index contributed by atoms with van der Waals surface area (Å²) < 4.78 is 5.07. The van der Waals surface area contributed by atoms with Crippen LogP contribution in [0.5, 0.6) is 0 Å². The van der Waals surface area contributed by atoms with Gasteiger partial charge in [-0.1, -0.05) is 0 Å². The van der Waals surface area contributed by atoms with Crippen LogP contribution < -0.4 is 5.32 Å². The van der Waals surface area contributed by atoms with Gasteiger partial charge in [0.2, 0.25) is 5.91 Å². The Morgan fingerprint density at radius 3 is 2.53 bits per heavy atom. The zero-order valence-corrected chi connectivity index (χ0v) is 11.8. The van der Waals surface area contributed by atoms with Crippen LogP contribution in [0.3, 0.4) is 0 Å². The van der Waals surface area contributed by atoms with E-state index in [1.807, 2.05) is 18.7 Å². The summed E-state index contributed by atoms with van der Waals surface area (Å²) >= 11 is 0. The van der Waals surface area contributed by atoms with E-state index < -0.39 is 0 Å². The molecule has 17 heavy (non-hydrogen) atoms. The summed E-state index contributed by atoms with van der Waals surface area (Å²) in [6.45, 7) is 11.3. The summed E-state index contributed by atoms with van der Waals surface area (Å²) in [5.74, 6) is 0.239. The Bertz CT molecular complexity index is 275. The predicted octanol–water partition coefficient (Wildman–Crippen LogP) is 1.26. The van der Waals surface area contributed by atoms with Crippen molar-refractivity contribution in [3.05, 3.63) is 0 Å². The van der Waals surface area contributed by atoms with Crippen molar-refractivity contribution in [1.29, 1.82) is 0 Å². The van der Waals surface area contributed by atoms with Gasteiger partial charge in [0.15, 0.2) is 0 Å². The van der Waals surface area contributed by atoms with Gasteiger partial charge in [-0.2, -0.15) is 0 Å². The molecule has 100 valence electrons. The van der Waals surface area contributed by atoms with E-state index in [-0.39, 0.29) is 16.9 Å². The van der Waals surface area contributed by atoms with E-state index in [1.54, 1.807) is 7.11 Å². The van der Waals surface area contributed by atoms with Gasteiger partial charge in [-0.05, 0) is 34.1 Å². The number of nitrogens with one attached hydrogen (secondary N) is 1. The topological polar surface area (TPSA) is 41.6 Å². The number of hydrogen-bond acceptors (Lipinski definition) is 3. The first-order chi connectivity index (χ1) is 7.81. The lowest BCUT2D eigenvalue weighted by molar-refractivity contribution is -0.143. The summed E-state index contributed by atoms with van der Waals surface area (Å²) in [6.07, 6.45) is 0.891. The van der Waals surface area contributed by atoms with Crippen LogP contribution in [0, 0.1) is 5.41 Å². The first-order valence-corrected chi connectivity index (χ1v) is 6.33. The summed E-state index contributed by atoms with van der Waals surface area (Å²) in [5, 5.41) is 3.38. The van der Waals surface area contributed by atoms with Crippen molar-refractivity contribution in [2.75, 3.05) is 33.4 Å². The highest BCUT2D eigenvalue weighted by Crippen LogP contribution is 2.27. The smallest absolute Gasteiger partial charge is 0.230 e. The molecule has 4 nitrogen and oxygen atoms in total. The van der Waals surface area contributed by atoms with Crippen LogP contribution >= 0.6 is 0 Å². The second kappa shape index (κ2) is 5.36. The largest absolute Gasteiger partial charge is 0.385 e. The van der Waals surface area contributed by atoms with Crippen molar-refractivity contribution in [3.63, 3.8) is 0 Å². The fourth-order valence-electron chi connectivity index (χ4n) is 2.26. The molecule has 0 aromatic carbocycles. The third-order valence-electron chi connectivity index (χ3n) is 3.41. The molecule has 0 bridgehead atoms. The Labute approximate surface area is 105 Å². The Hall–Kier alpha value is -0.610. The molecule has 0 radical (unpaired) electrons. The van der Waals surface area contributed by atoms with E-state index in [4.69, 9.17) is 4.74 Å². The maximum Gasteiger partial charge on any atom is 0.230 e. The lowest BCUT2D eigenvalue weighted by Gasteiger charge is -2.39. The zero-order valence-electron chi connectivity index (χ0n) is 11.8. The van der Waals surface area contributed by atoms with Crippen LogP contribution in [0.1, 0.15) is 34.1 Å². The standard InChI is InChI=1S/C13H26N2O2/c1-12(2)9-14-10-13(3,4)15(11(12)16)7-6-8-17-5/h14H,6-10H2,1-5H3. The molecule has 0 aromatic rings. The van der Waals surface area contributed by atoms with Crippen molar-refractivity contribution >= 4 is 5.91 Å². The average Bonchev–Trinajstić information content (AvgIpc) is 2.28. The number of rotatable bonds is 4. The highest BCUT2D eigenvalue weighted by molar-refractivity contribution is 5.83. The van der Waals surface area contributed by atoms with Crippen molar-refractivity contribution in [3.8, 4) is 0 Å². The number of hydrogen-bond donors (Lipinski definition) is 1. The molecule has 1 saturated heterocycles. The van der Waals surface area contributed by atoms with Crippen LogP contribution in [0.25, 0.3) is 0 Å². The average molecular weight is 242 g/mol. The maximum atomic E-state index is 12.5.